The van der Waals surface area contributed by atoms with E-state index < -0.39 is 0 Å². The van der Waals surface area contributed by atoms with E-state index in [0.29, 0.717) is 5.82 Å². The molecule has 0 fully saturated rings. The molecular weight excluding hydrogens is 236 g/mol. The third kappa shape index (κ3) is 2.57. The lowest BCUT2D eigenvalue weighted by Gasteiger charge is -2.19. The maximum Gasteiger partial charge on any atom is 0.136 e. The molecular formula is C15H20N4. The number of nitrogen functional groups attached to an aromatic ring is 1. The second kappa shape index (κ2) is 4.61. The fraction of sp³-hybridized carbons (Fsp3) is 0.400. The fourth-order valence-corrected chi connectivity index (χ4v) is 1.84. The average molecular weight is 256 g/mol. The van der Waals surface area contributed by atoms with Gasteiger partial charge in [0.25, 0.3) is 0 Å². The zero-order valence-electron chi connectivity index (χ0n) is 12.2. The molecule has 0 radical (unpaired) electrons. The van der Waals surface area contributed by atoms with Gasteiger partial charge in [0.2, 0.25) is 0 Å². The minimum atomic E-state index is -0.132. The molecule has 100 valence electrons. The largest absolute Gasteiger partial charge is 0.383 e. The molecule has 0 unspecified atom stereocenters. The molecule has 2 aromatic heterocycles. The predicted octanol–water partition coefficient (Wildman–Crippen LogP) is 3.04. The van der Waals surface area contributed by atoms with Gasteiger partial charge in [-0.25, -0.2) is 9.97 Å². The van der Waals surface area contributed by atoms with Crippen LogP contribution in [-0.2, 0) is 5.41 Å². The molecule has 0 spiro atoms. The highest BCUT2D eigenvalue weighted by Gasteiger charge is 2.21. The van der Waals surface area contributed by atoms with Crippen LogP contribution in [0.1, 0.15) is 37.7 Å². The molecule has 19 heavy (non-hydrogen) atoms. The third-order valence-electron chi connectivity index (χ3n) is 3.15. The van der Waals surface area contributed by atoms with Gasteiger partial charge < -0.3 is 5.73 Å². The first-order valence-corrected chi connectivity index (χ1v) is 6.36. The summed E-state index contributed by atoms with van der Waals surface area (Å²) in [4.78, 5) is 13.3. The Labute approximate surface area is 114 Å². The number of aromatic nitrogens is 3. The maximum absolute atomic E-state index is 6.03. The summed E-state index contributed by atoms with van der Waals surface area (Å²) in [5, 5.41) is 0. The van der Waals surface area contributed by atoms with E-state index in [2.05, 4.69) is 30.7 Å². The standard InChI is InChI=1S/C15H20N4/c1-9-6-7-17-8-11(9)12-10(2)13(16)19-14(18-12)15(3,4)5/h6-8H,1-5H3,(H2,16,18,19). The number of aryl methyl sites for hydroxylation is 1. The SMILES string of the molecule is Cc1ccncc1-c1nc(C(C)(C)C)nc(N)c1C. The van der Waals surface area contributed by atoms with Crippen LogP contribution in [0.4, 0.5) is 5.82 Å². The summed E-state index contributed by atoms with van der Waals surface area (Å²) in [5.74, 6) is 1.30. The van der Waals surface area contributed by atoms with Gasteiger partial charge in [0.1, 0.15) is 11.6 Å². The fourth-order valence-electron chi connectivity index (χ4n) is 1.84. The van der Waals surface area contributed by atoms with Crippen molar-refractivity contribution in [3.63, 3.8) is 0 Å². The van der Waals surface area contributed by atoms with Crippen molar-refractivity contribution >= 4 is 5.82 Å². The van der Waals surface area contributed by atoms with Gasteiger partial charge >= 0.3 is 0 Å². The molecule has 0 atom stereocenters. The van der Waals surface area contributed by atoms with Crippen LogP contribution in [0, 0.1) is 13.8 Å². The van der Waals surface area contributed by atoms with E-state index in [4.69, 9.17) is 10.7 Å². The molecule has 0 bridgehead atoms. The van der Waals surface area contributed by atoms with Gasteiger partial charge in [0, 0.05) is 28.9 Å². The second-order valence-electron chi connectivity index (χ2n) is 5.85. The van der Waals surface area contributed by atoms with E-state index in [-0.39, 0.29) is 5.41 Å². The van der Waals surface area contributed by atoms with Crippen molar-refractivity contribution < 1.29 is 0 Å². The minimum absolute atomic E-state index is 0.132. The molecule has 0 aliphatic carbocycles. The highest BCUT2D eigenvalue weighted by molar-refractivity contribution is 5.69. The lowest BCUT2D eigenvalue weighted by molar-refractivity contribution is 0.546. The Morgan fingerprint density at radius 2 is 1.79 bits per heavy atom. The van der Waals surface area contributed by atoms with Crippen molar-refractivity contribution in [3.8, 4) is 11.3 Å². The molecule has 4 nitrogen and oxygen atoms in total. The number of pyridine rings is 1. The molecule has 2 heterocycles. The molecule has 0 saturated carbocycles. The van der Waals surface area contributed by atoms with Crippen molar-refractivity contribution in [1.82, 2.24) is 15.0 Å². The summed E-state index contributed by atoms with van der Waals surface area (Å²) < 4.78 is 0. The Hall–Kier alpha value is -1.97. The van der Waals surface area contributed by atoms with Gasteiger partial charge in [-0.2, -0.15) is 0 Å². The Kier molecular flexibility index (Phi) is 3.27. The number of nitrogens with zero attached hydrogens (tertiary/aromatic N) is 3. The van der Waals surface area contributed by atoms with Gasteiger partial charge in [-0.05, 0) is 25.5 Å². The smallest absolute Gasteiger partial charge is 0.136 e. The Balaban J connectivity index is 2.70. The summed E-state index contributed by atoms with van der Waals surface area (Å²) in [7, 11) is 0. The van der Waals surface area contributed by atoms with E-state index in [9.17, 15) is 0 Å². The second-order valence-corrected chi connectivity index (χ2v) is 5.85. The Morgan fingerprint density at radius 3 is 2.37 bits per heavy atom. The Morgan fingerprint density at radius 1 is 1.11 bits per heavy atom. The summed E-state index contributed by atoms with van der Waals surface area (Å²) >= 11 is 0. The summed E-state index contributed by atoms with van der Waals surface area (Å²) in [5.41, 5.74) is 9.83. The van der Waals surface area contributed by atoms with E-state index in [1.165, 1.54) is 0 Å². The quantitative estimate of drug-likeness (QED) is 0.851. The summed E-state index contributed by atoms with van der Waals surface area (Å²) in [6.07, 6.45) is 3.61. The average Bonchev–Trinajstić information content (AvgIpc) is 2.32. The molecule has 2 rings (SSSR count). The summed E-state index contributed by atoms with van der Waals surface area (Å²) in [6.45, 7) is 10.2. The van der Waals surface area contributed by atoms with Gasteiger partial charge in [0.05, 0.1) is 5.69 Å². The van der Waals surface area contributed by atoms with Crippen molar-refractivity contribution in [2.24, 2.45) is 0 Å². The van der Waals surface area contributed by atoms with Crippen LogP contribution in [0.5, 0.6) is 0 Å². The van der Waals surface area contributed by atoms with Crippen molar-refractivity contribution in [3.05, 3.63) is 35.4 Å². The van der Waals surface area contributed by atoms with E-state index in [1.807, 2.05) is 26.1 Å². The van der Waals surface area contributed by atoms with Crippen LogP contribution in [0.15, 0.2) is 18.5 Å². The predicted molar refractivity (Wildman–Crippen MR) is 77.8 cm³/mol. The van der Waals surface area contributed by atoms with E-state index in [0.717, 1.165) is 28.2 Å². The molecule has 0 amide bonds. The van der Waals surface area contributed by atoms with Crippen LogP contribution >= 0.6 is 0 Å². The lowest BCUT2D eigenvalue weighted by Crippen LogP contribution is -2.18. The summed E-state index contributed by atoms with van der Waals surface area (Å²) in [6, 6.07) is 1.98. The van der Waals surface area contributed by atoms with Gasteiger partial charge in [0.15, 0.2) is 0 Å². The minimum Gasteiger partial charge on any atom is -0.383 e. The van der Waals surface area contributed by atoms with Crippen LogP contribution in [0.3, 0.4) is 0 Å². The highest BCUT2D eigenvalue weighted by atomic mass is 15.0. The van der Waals surface area contributed by atoms with Crippen LogP contribution in [0.2, 0.25) is 0 Å². The lowest BCUT2D eigenvalue weighted by atomic mass is 9.94. The number of rotatable bonds is 1. The molecule has 4 heteroatoms. The first-order valence-electron chi connectivity index (χ1n) is 6.36. The topological polar surface area (TPSA) is 64.7 Å². The van der Waals surface area contributed by atoms with Crippen LogP contribution in [0.25, 0.3) is 11.3 Å². The molecule has 2 aromatic rings. The molecule has 0 saturated heterocycles. The maximum atomic E-state index is 6.03. The van der Waals surface area contributed by atoms with Crippen molar-refractivity contribution in [1.29, 1.82) is 0 Å². The number of hydrogen-bond donors (Lipinski definition) is 1. The van der Waals surface area contributed by atoms with E-state index >= 15 is 0 Å². The Bertz CT molecular complexity index is 612. The number of hydrogen-bond acceptors (Lipinski definition) is 4. The molecule has 0 aromatic carbocycles. The van der Waals surface area contributed by atoms with Crippen molar-refractivity contribution in [2.45, 2.75) is 40.0 Å². The van der Waals surface area contributed by atoms with Gasteiger partial charge in [-0.1, -0.05) is 20.8 Å². The van der Waals surface area contributed by atoms with E-state index in [1.54, 1.807) is 6.20 Å². The number of nitrogens with two attached hydrogens (primary N) is 1. The van der Waals surface area contributed by atoms with Crippen molar-refractivity contribution in [2.75, 3.05) is 5.73 Å². The first kappa shape index (κ1) is 13.5. The molecule has 0 aliphatic heterocycles. The van der Waals surface area contributed by atoms with Crippen LogP contribution < -0.4 is 5.73 Å². The zero-order valence-corrected chi connectivity index (χ0v) is 12.2. The molecule has 0 aliphatic rings. The number of anilines is 1. The van der Waals surface area contributed by atoms with Crippen LogP contribution in [-0.4, -0.2) is 15.0 Å². The molecule has 2 N–H and O–H groups in total. The first-order chi connectivity index (χ1) is 8.80. The zero-order chi connectivity index (χ0) is 14.2. The monoisotopic (exact) mass is 256 g/mol. The van der Waals surface area contributed by atoms with Gasteiger partial charge in [-0.15, -0.1) is 0 Å². The normalized spacial score (nSPS) is 11.6. The van der Waals surface area contributed by atoms with Gasteiger partial charge in [-0.3, -0.25) is 4.98 Å². The third-order valence-corrected chi connectivity index (χ3v) is 3.15. The highest BCUT2D eigenvalue weighted by Crippen LogP contribution is 2.29.